The van der Waals surface area contributed by atoms with Crippen LogP contribution in [0.3, 0.4) is 0 Å². The number of benzene rings is 1. The van der Waals surface area contributed by atoms with E-state index in [2.05, 4.69) is 10.3 Å². The minimum Gasteiger partial charge on any atom is -0.484 e. The van der Waals surface area contributed by atoms with Crippen LogP contribution in [0, 0.1) is 6.92 Å². The first-order chi connectivity index (χ1) is 9.25. The van der Waals surface area contributed by atoms with Crippen LogP contribution in [0.1, 0.15) is 11.1 Å². The van der Waals surface area contributed by atoms with Crippen molar-refractivity contribution in [1.82, 2.24) is 10.3 Å². The van der Waals surface area contributed by atoms with Gasteiger partial charge in [0.25, 0.3) is 5.91 Å². The summed E-state index contributed by atoms with van der Waals surface area (Å²) in [4.78, 5) is 15.6. The highest BCUT2D eigenvalue weighted by Gasteiger charge is 2.04. The summed E-state index contributed by atoms with van der Waals surface area (Å²) in [6, 6.07) is 11.4. The standard InChI is InChI=1S/C15H16N2O2/c1-12-5-2-3-7-14(12)19-11-15(18)17-10-13-6-4-8-16-9-13/h2-9H,10-11H2,1H3,(H,17,18). The maximum Gasteiger partial charge on any atom is 0.258 e. The van der Waals surface area contributed by atoms with Gasteiger partial charge in [0, 0.05) is 18.9 Å². The van der Waals surface area contributed by atoms with Crippen LogP contribution in [-0.4, -0.2) is 17.5 Å². The molecule has 0 aliphatic rings. The number of aryl methyl sites for hydroxylation is 1. The van der Waals surface area contributed by atoms with Gasteiger partial charge in [-0.15, -0.1) is 0 Å². The Morgan fingerprint density at radius 2 is 2.11 bits per heavy atom. The van der Waals surface area contributed by atoms with Crippen LogP contribution in [0.15, 0.2) is 48.8 Å². The molecule has 19 heavy (non-hydrogen) atoms. The number of aromatic nitrogens is 1. The average Bonchev–Trinajstić information content (AvgIpc) is 2.45. The molecule has 0 radical (unpaired) electrons. The highest BCUT2D eigenvalue weighted by Crippen LogP contribution is 2.15. The van der Waals surface area contributed by atoms with E-state index in [0.717, 1.165) is 16.9 Å². The van der Waals surface area contributed by atoms with E-state index < -0.39 is 0 Å². The van der Waals surface area contributed by atoms with Crippen LogP contribution in [0.5, 0.6) is 5.75 Å². The molecule has 4 nitrogen and oxygen atoms in total. The lowest BCUT2D eigenvalue weighted by Crippen LogP contribution is -2.28. The molecule has 1 aromatic heterocycles. The molecular formula is C15H16N2O2. The predicted molar refractivity (Wildman–Crippen MR) is 72.8 cm³/mol. The van der Waals surface area contributed by atoms with Gasteiger partial charge in [-0.3, -0.25) is 9.78 Å². The van der Waals surface area contributed by atoms with Crippen LogP contribution in [0.25, 0.3) is 0 Å². The minimum atomic E-state index is -0.146. The number of carbonyl (C=O) groups excluding carboxylic acids is 1. The molecule has 0 atom stereocenters. The van der Waals surface area contributed by atoms with Gasteiger partial charge in [-0.25, -0.2) is 0 Å². The number of amides is 1. The number of nitrogens with one attached hydrogen (secondary N) is 1. The van der Waals surface area contributed by atoms with Crippen molar-refractivity contribution in [3.8, 4) is 5.75 Å². The van der Waals surface area contributed by atoms with Crippen LogP contribution in [-0.2, 0) is 11.3 Å². The Balaban J connectivity index is 1.78. The first-order valence-corrected chi connectivity index (χ1v) is 6.10. The summed E-state index contributed by atoms with van der Waals surface area (Å²) < 4.78 is 5.46. The lowest BCUT2D eigenvalue weighted by molar-refractivity contribution is -0.123. The van der Waals surface area contributed by atoms with Crippen molar-refractivity contribution in [2.24, 2.45) is 0 Å². The highest BCUT2D eigenvalue weighted by atomic mass is 16.5. The highest BCUT2D eigenvalue weighted by molar-refractivity contribution is 5.77. The number of para-hydroxylation sites is 1. The van der Waals surface area contributed by atoms with Gasteiger partial charge in [-0.05, 0) is 30.2 Å². The van der Waals surface area contributed by atoms with Crippen LogP contribution in [0.2, 0.25) is 0 Å². The van der Waals surface area contributed by atoms with E-state index in [9.17, 15) is 4.79 Å². The predicted octanol–water partition coefficient (Wildman–Crippen LogP) is 2.09. The van der Waals surface area contributed by atoms with E-state index in [1.807, 2.05) is 43.3 Å². The number of pyridine rings is 1. The fraction of sp³-hybridized carbons (Fsp3) is 0.200. The smallest absolute Gasteiger partial charge is 0.258 e. The minimum absolute atomic E-state index is 0.0190. The summed E-state index contributed by atoms with van der Waals surface area (Å²) in [6.07, 6.45) is 3.43. The van der Waals surface area contributed by atoms with Gasteiger partial charge < -0.3 is 10.1 Å². The van der Waals surface area contributed by atoms with Gasteiger partial charge in [0.15, 0.2) is 6.61 Å². The molecular weight excluding hydrogens is 240 g/mol. The van der Waals surface area contributed by atoms with Crippen molar-refractivity contribution in [2.75, 3.05) is 6.61 Å². The van der Waals surface area contributed by atoms with Gasteiger partial charge in [-0.2, -0.15) is 0 Å². The number of hydrogen-bond donors (Lipinski definition) is 1. The molecule has 2 aromatic rings. The quantitative estimate of drug-likeness (QED) is 0.891. The number of ether oxygens (including phenoxy) is 1. The van der Waals surface area contributed by atoms with Gasteiger partial charge >= 0.3 is 0 Å². The maximum absolute atomic E-state index is 11.6. The molecule has 0 aliphatic carbocycles. The Bertz CT molecular complexity index is 541. The molecule has 0 fully saturated rings. The third-order valence-corrected chi connectivity index (χ3v) is 2.66. The number of rotatable bonds is 5. The Hall–Kier alpha value is -2.36. The fourth-order valence-electron chi connectivity index (χ4n) is 1.62. The monoisotopic (exact) mass is 256 g/mol. The van der Waals surface area contributed by atoms with E-state index in [1.54, 1.807) is 12.4 Å². The Labute approximate surface area is 112 Å². The molecule has 0 spiro atoms. The molecule has 0 unspecified atom stereocenters. The first-order valence-electron chi connectivity index (χ1n) is 6.10. The lowest BCUT2D eigenvalue weighted by Gasteiger charge is -2.09. The van der Waals surface area contributed by atoms with E-state index in [1.165, 1.54) is 0 Å². The van der Waals surface area contributed by atoms with E-state index in [0.29, 0.717) is 6.54 Å². The summed E-state index contributed by atoms with van der Waals surface area (Å²) in [5.74, 6) is 0.589. The molecule has 1 N–H and O–H groups in total. The van der Waals surface area contributed by atoms with Crippen LogP contribution in [0.4, 0.5) is 0 Å². The van der Waals surface area contributed by atoms with Crippen molar-refractivity contribution in [1.29, 1.82) is 0 Å². The fourth-order valence-corrected chi connectivity index (χ4v) is 1.62. The maximum atomic E-state index is 11.6. The normalized spacial score (nSPS) is 9.95. The van der Waals surface area contributed by atoms with Crippen molar-refractivity contribution in [2.45, 2.75) is 13.5 Å². The zero-order valence-corrected chi connectivity index (χ0v) is 10.8. The summed E-state index contributed by atoms with van der Waals surface area (Å²) in [5, 5.41) is 2.78. The second-order valence-electron chi connectivity index (χ2n) is 4.19. The van der Waals surface area contributed by atoms with Crippen LogP contribution >= 0.6 is 0 Å². The second-order valence-corrected chi connectivity index (χ2v) is 4.19. The van der Waals surface area contributed by atoms with Crippen molar-refractivity contribution in [3.05, 3.63) is 59.9 Å². The number of carbonyl (C=O) groups is 1. The topological polar surface area (TPSA) is 51.2 Å². The van der Waals surface area contributed by atoms with Crippen molar-refractivity contribution >= 4 is 5.91 Å². The summed E-state index contributed by atoms with van der Waals surface area (Å²) in [5.41, 5.74) is 1.98. The average molecular weight is 256 g/mol. The van der Waals surface area contributed by atoms with E-state index in [-0.39, 0.29) is 12.5 Å². The molecule has 0 bridgehead atoms. The van der Waals surface area contributed by atoms with Crippen LogP contribution < -0.4 is 10.1 Å². The van der Waals surface area contributed by atoms with E-state index >= 15 is 0 Å². The van der Waals surface area contributed by atoms with Gasteiger partial charge in [0.2, 0.25) is 0 Å². The van der Waals surface area contributed by atoms with Crippen molar-refractivity contribution < 1.29 is 9.53 Å². The van der Waals surface area contributed by atoms with E-state index in [4.69, 9.17) is 4.74 Å². The molecule has 0 aliphatic heterocycles. The van der Waals surface area contributed by atoms with Gasteiger partial charge in [0.05, 0.1) is 0 Å². The third kappa shape index (κ3) is 4.10. The van der Waals surface area contributed by atoms with Crippen molar-refractivity contribution in [3.63, 3.8) is 0 Å². The number of nitrogens with zero attached hydrogens (tertiary/aromatic N) is 1. The summed E-state index contributed by atoms with van der Waals surface area (Å²) >= 11 is 0. The molecule has 1 aromatic carbocycles. The second kappa shape index (κ2) is 6.54. The Morgan fingerprint density at radius 3 is 2.84 bits per heavy atom. The third-order valence-electron chi connectivity index (χ3n) is 2.66. The largest absolute Gasteiger partial charge is 0.484 e. The Kier molecular flexibility index (Phi) is 4.50. The molecule has 2 rings (SSSR count). The Morgan fingerprint density at radius 1 is 1.26 bits per heavy atom. The molecule has 0 saturated heterocycles. The van der Waals surface area contributed by atoms with Gasteiger partial charge in [0.1, 0.15) is 5.75 Å². The molecule has 4 heteroatoms. The SMILES string of the molecule is Cc1ccccc1OCC(=O)NCc1cccnc1. The lowest BCUT2D eigenvalue weighted by atomic mass is 10.2. The zero-order chi connectivity index (χ0) is 13.5. The molecule has 1 heterocycles. The summed E-state index contributed by atoms with van der Waals surface area (Å²) in [6.45, 7) is 2.43. The first kappa shape index (κ1) is 13.1. The molecule has 98 valence electrons. The zero-order valence-electron chi connectivity index (χ0n) is 10.8. The summed E-state index contributed by atoms with van der Waals surface area (Å²) in [7, 11) is 0. The van der Waals surface area contributed by atoms with Gasteiger partial charge in [-0.1, -0.05) is 24.3 Å². The molecule has 1 amide bonds. The number of hydrogen-bond acceptors (Lipinski definition) is 3. The molecule has 0 saturated carbocycles.